The van der Waals surface area contributed by atoms with Gasteiger partial charge < -0.3 is 28.9 Å². The quantitative estimate of drug-likeness (QED) is 0.113. The number of nitrogens with one attached hydrogen (secondary N) is 2. The van der Waals surface area contributed by atoms with Crippen molar-refractivity contribution in [1.29, 1.82) is 0 Å². The van der Waals surface area contributed by atoms with E-state index in [2.05, 4.69) is 31.3 Å². The number of nitrogens with zero attached hydrogens (tertiary/aromatic N) is 4. The van der Waals surface area contributed by atoms with Gasteiger partial charge in [0.05, 0.1) is 19.5 Å². The molecule has 12 nitrogen and oxygen atoms in total. The van der Waals surface area contributed by atoms with E-state index in [4.69, 9.17) is 36.8 Å². The fourth-order valence-electron chi connectivity index (χ4n) is 5.05. The molecule has 4 aromatic rings. The van der Waals surface area contributed by atoms with E-state index in [1.54, 1.807) is 33.0 Å². The number of aromatic nitrogens is 4. The number of esters is 1. The number of carbonyl (C=O) groups is 1. The van der Waals surface area contributed by atoms with Crippen molar-refractivity contribution in [3.63, 3.8) is 0 Å². The number of alkyl halides is 1. The Kier molecular flexibility index (Phi) is 9.89. The minimum atomic E-state index is -3.62. The van der Waals surface area contributed by atoms with E-state index in [1.165, 1.54) is 10.9 Å². The fraction of sp³-hybridized carbons (Fsp3) is 0.438. The van der Waals surface area contributed by atoms with Gasteiger partial charge in [0.1, 0.15) is 29.8 Å². The number of halogens is 1. The van der Waals surface area contributed by atoms with Gasteiger partial charge in [-0.15, -0.1) is 6.42 Å². The maximum absolute atomic E-state index is 16.5. The predicted octanol–water partition coefficient (Wildman–Crippen LogP) is 4.82. The summed E-state index contributed by atoms with van der Waals surface area (Å²) in [7, 11) is 1.67. The van der Waals surface area contributed by atoms with Crippen LogP contribution in [-0.2, 0) is 30.6 Å². The van der Waals surface area contributed by atoms with Gasteiger partial charge in [0.2, 0.25) is 5.67 Å². The lowest BCUT2D eigenvalue weighted by Crippen LogP contribution is -2.42. The van der Waals surface area contributed by atoms with Gasteiger partial charge in [0.15, 0.2) is 23.2 Å². The zero-order chi connectivity index (χ0) is 34.1. The second-order valence-electron chi connectivity index (χ2n) is 12.5. The summed E-state index contributed by atoms with van der Waals surface area (Å²) in [6, 6.07) is 12.0. The minimum absolute atomic E-state index is 0.184. The lowest BCUT2D eigenvalue weighted by Gasteiger charge is -2.28. The van der Waals surface area contributed by atoms with Crippen molar-refractivity contribution in [2.24, 2.45) is 5.41 Å². The lowest BCUT2D eigenvalue weighted by molar-refractivity contribution is -0.148. The van der Waals surface area contributed by atoms with Gasteiger partial charge in [-0.2, -0.15) is 0 Å². The molecule has 2 aromatic carbocycles. The van der Waals surface area contributed by atoms with Gasteiger partial charge in [0.25, 0.3) is 0 Å². The number of fused-ring (bicyclic) bond motifs is 2. The summed E-state index contributed by atoms with van der Waals surface area (Å²) >= 11 is 5.91. The molecule has 0 aliphatic carbocycles. The summed E-state index contributed by atoms with van der Waals surface area (Å²) in [5.74, 6) is 2.75. The Morgan fingerprint density at radius 2 is 2.00 bits per heavy atom. The Balaban J connectivity index is 1.43. The highest BCUT2D eigenvalue weighted by Crippen LogP contribution is 2.49. The molecule has 1 fully saturated rings. The van der Waals surface area contributed by atoms with Crippen molar-refractivity contribution < 1.29 is 32.8 Å². The van der Waals surface area contributed by atoms with Crippen LogP contribution in [0.1, 0.15) is 39.7 Å². The molecule has 0 radical (unpaired) electrons. The van der Waals surface area contributed by atoms with Crippen molar-refractivity contribution >= 4 is 52.2 Å². The molecule has 15 heteroatoms. The van der Waals surface area contributed by atoms with E-state index >= 15 is 4.39 Å². The second kappa shape index (κ2) is 13.4. The molecule has 0 bridgehead atoms. The number of aliphatic hydroxyl groups excluding tert-OH is 1. The molecule has 3 heterocycles. The fourth-order valence-corrected chi connectivity index (χ4v) is 7.47. The molecule has 47 heavy (non-hydrogen) atoms. The Hall–Kier alpha value is -3.70. The van der Waals surface area contributed by atoms with Crippen LogP contribution in [0.5, 0.6) is 5.75 Å². The zero-order valence-corrected chi connectivity index (χ0v) is 28.6. The van der Waals surface area contributed by atoms with Crippen LogP contribution in [-0.4, -0.2) is 74.8 Å². The summed E-state index contributed by atoms with van der Waals surface area (Å²) < 4.78 is 41.8. The molecule has 6 atom stereocenters. The van der Waals surface area contributed by atoms with Crippen LogP contribution in [0.25, 0.3) is 21.9 Å². The van der Waals surface area contributed by atoms with Crippen LogP contribution in [0.15, 0.2) is 48.8 Å². The van der Waals surface area contributed by atoms with Gasteiger partial charge in [0, 0.05) is 12.4 Å². The number of terminal acetylenes is 1. The Labute approximate surface area is 277 Å². The SMILES string of the molecule is C#C[C@@]1(F)[C@H](O)[C@@H](CO[P@@](=S)(N[C@H](C)C(=O)OCC(C)(C)C)Oc2cccc3ccccc23)O[C@H]1n1cnc2c(NC)nc(C)nc21. The molecular formula is C32H38FN6O6PS. The predicted molar refractivity (Wildman–Crippen MR) is 180 cm³/mol. The van der Waals surface area contributed by atoms with Crippen molar-refractivity contribution in [3.05, 3.63) is 54.6 Å². The number of anilines is 1. The first-order valence-electron chi connectivity index (χ1n) is 14.9. The molecule has 0 amide bonds. The normalized spacial score (nSPS) is 23.3. The van der Waals surface area contributed by atoms with Crippen LogP contribution in [0.3, 0.4) is 0 Å². The number of hydrogen-bond donors (Lipinski definition) is 3. The van der Waals surface area contributed by atoms with Crippen molar-refractivity contribution in [1.82, 2.24) is 24.6 Å². The molecule has 0 saturated carbocycles. The summed E-state index contributed by atoms with van der Waals surface area (Å²) in [5.41, 5.74) is -2.33. The Morgan fingerprint density at radius 3 is 2.70 bits per heavy atom. The van der Waals surface area contributed by atoms with Crippen molar-refractivity contribution in [3.8, 4) is 18.1 Å². The maximum atomic E-state index is 16.5. The molecule has 0 spiro atoms. The molecule has 3 N–H and O–H groups in total. The van der Waals surface area contributed by atoms with Crippen LogP contribution >= 0.6 is 6.64 Å². The Bertz CT molecular complexity index is 1870. The van der Waals surface area contributed by atoms with Crippen molar-refractivity contribution in [2.45, 2.75) is 64.8 Å². The van der Waals surface area contributed by atoms with Crippen LogP contribution in [0.4, 0.5) is 10.2 Å². The monoisotopic (exact) mass is 684 g/mol. The van der Waals surface area contributed by atoms with E-state index in [0.717, 1.165) is 10.8 Å². The standard InChI is InChI=1S/C32H38FN6O6PS/c1-8-32(33)26(40)24(44-30(32)39-18-35-25-27(34-7)36-20(3)37-28(25)39)16-43-46(47,38-19(2)29(41)42-17-31(4,5)6)45-23-15-11-13-21-12-9-10-14-22(21)23/h1,9-15,18-19,24,26,30,40H,16-17H2,2-7H3,(H,38,47)(H,34,36,37)/t19-,24-,26-,30-,32-,46+/m1/s1. The smallest absolute Gasteiger partial charge is 0.323 e. The molecule has 1 aliphatic rings. The largest absolute Gasteiger partial charge is 0.464 e. The molecule has 0 unspecified atom stereocenters. The summed E-state index contributed by atoms with van der Waals surface area (Å²) in [5, 5.41) is 18.8. The number of aryl methyl sites for hydroxylation is 1. The number of hydrogen-bond acceptors (Lipinski definition) is 11. The molecule has 1 saturated heterocycles. The average molecular weight is 685 g/mol. The minimum Gasteiger partial charge on any atom is -0.464 e. The van der Waals surface area contributed by atoms with E-state index in [9.17, 15) is 9.90 Å². The number of ether oxygens (including phenoxy) is 2. The number of aliphatic hydroxyl groups is 1. The first kappa shape index (κ1) is 34.6. The zero-order valence-electron chi connectivity index (χ0n) is 26.9. The van der Waals surface area contributed by atoms with Crippen LogP contribution in [0.2, 0.25) is 0 Å². The van der Waals surface area contributed by atoms with Crippen LogP contribution < -0.4 is 14.9 Å². The van der Waals surface area contributed by atoms with Crippen LogP contribution in [0, 0.1) is 24.7 Å². The first-order chi connectivity index (χ1) is 22.2. The highest BCUT2D eigenvalue weighted by molar-refractivity contribution is 8.09. The maximum Gasteiger partial charge on any atom is 0.323 e. The highest BCUT2D eigenvalue weighted by Gasteiger charge is 2.58. The molecule has 1 aliphatic heterocycles. The first-order valence-corrected chi connectivity index (χ1v) is 17.6. The number of benzene rings is 2. The second-order valence-corrected chi connectivity index (χ2v) is 15.6. The van der Waals surface area contributed by atoms with E-state index in [1.807, 2.05) is 51.1 Å². The molecule has 5 rings (SSSR count). The average Bonchev–Trinajstić information content (AvgIpc) is 3.56. The summed E-state index contributed by atoms with van der Waals surface area (Å²) in [6.45, 7) is 5.21. The van der Waals surface area contributed by atoms with Gasteiger partial charge >= 0.3 is 12.6 Å². The molecule has 2 aromatic heterocycles. The molecular weight excluding hydrogens is 646 g/mol. The summed E-state index contributed by atoms with van der Waals surface area (Å²) in [4.78, 5) is 26.0. The highest BCUT2D eigenvalue weighted by atomic mass is 32.5. The topological polar surface area (TPSA) is 142 Å². The van der Waals surface area contributed by atoms with Gasteiger partial charge in [-0.3, -0.25) is 9.36 Å². The van der Waals surface area contributed by atoms with E-state index < -0.39 is 49.4 Å². The Morgan fingerprint density at radius 1 is 1.28 bits per heavy atom. The van der Waals surface area contributed by atoms with Gasteiger partial charge in [-0.25, -0.2) is 24.4 Å². The lowest BCUT2D eigenvalue weighted by atomic mass is 9.97. The third-order valence-electron chi connectivity index (χ3n) is 7.42. The van der Waals surface area contributed by atoms with Crippen molar-refractivity contribution in [2.75, 3.05) is 25.6 Å². The number of carbonyl (C=O) groups excluding carboxylic acids is 1. The van der Waals surface area contributed by atoms with E-state index in [0.29, 0.717) is 22.9 Å². The third kappa shape index (κ3) is 7.26. The summed E-state index contributed by atoms with van der Waals surface area (Å²) in [6.07, 6.45) is 2.33. The van der Waals surface area contributed by atoms with Gasteiger partial charge in [-0.1, -0.05) is 63.1 Å². The third-order valence-corrected chi connectivity index (χ3v) is 9.90. The number of imidazole rings is 1. The molecule has 250 valence electrons. The number of rotatable bonds is 11. The van der Waals surface area contributed by atoms with Gasteiger partial charge in [-0.05, 0) is 42.5 Å². The van der Waals surface area contributed by atoms with E-state index in [-0.39, 0.29) is 17.7 Å².